The van der Waals surface area contributed by atoms with Crippen molar-refractivity contribution >= 4 is 11.8 Å². The molecule has 2 amide bonds. The summed E-state index contributed by atoms with van der Waals surface area (Å²) >= 11 is 0. The van der Waals surface area contributed by atoms with Gasteiger partial charge in [0.15, 0.2) is 0 Å². The first-order chi connectivity index (χ1) is 7.18. The lowest BCUT2D eigenvalue weighted by molar-refractivity contribution is -0.146. The van der Waals surface area contributed by atoms with E-state index in [1.165, 1.54) is 0 Å². The second kappa shape index (κ2) is 4.18. The number of nitrogens with two attached hydrogens (primary N) is 1. The van der Waals surface area contributed by atoms with Crippen molar-refractivity contribution in [2.75, 3.05) is 19.6 Å². The van der Waals surface area contributed by atoms with Crippen LogP contribution in [-0.4, -0.2) is 42.4 Å². The fourth-order valence-corrected chi connectivity index (χ4v) is 2.23. The first-order valence-corrected chi connectivity index (χ1v) is 5.48. The highest BCUT2D eigenvalue weighted by Gasteiger charge is 2.36. The van der Waals surface area contributed by atoms with E-state index in [-0.39, 0.29) is 17.9 Å². The lowest BCUT2D eigenvalue weighted by atomic mass is 9.98. The number of nitrogens with zero attached hydrogens (tertiary/aromatic N) is 1. The lowest BCUT2D eigenvalue weighted by Crippen LogP contribution is -2.57. The Morgan fingerprint density at radius 1 is 1.40 bits per heavy atom. The number of carbonyl (C=O) groups is 2. The highest BCUT2D eigenvalue weighted by Crippen LogP contribution is 2.21. The number of amides is 2. The number of hydrogen-bond acceptors (Lipinski definition) is 3. The summed E-state index contributed by atoms with van der Waals surface area (Å²) in [5.74, 6) is 0.143. The number of likely N-dealkylation sites (tertiary alicyclic amines) is 1. The van der Waals surface area contributed by atoms with E-state index in [0.29, 0.717) is 18.9 Å². The van der Waals surface area contributed by atoms with Gasteiger partial charge in [-0.25, -0.2) is 0 Å². The van der Waals surface area contributed by atoms with E-state index in [1.807, 2.05) is 0 Å². The van der Waals surface area contributed by atoms with Crippen molar-refractivity contribution in [1.82, 2.24) is 10.2 Å². The van der Waals surface area contributed by atoms with Gasteiger partial charge in [0.25, 0.3) is 0 Å². The Kier molecular flexibility index (Phi) is 2.90. The Labute approximate surface area is 89.0 Å². The molecule has 5 heteroatoms. The first-order valence-electron chi connectivity index (χ1n) is 5.48. The van der Waals surface area contributed by atoms with Crippen LogP contribution in [0, 0.1) is 5.92 Å². The molecule has 2 heterocycles. The molecule has 2 rings (SSSR count). The molecule has 15 heavy (non-hydrogen) atoms. The molecule has 2 aliphatic rings. The Balaban J connectivity index is 1.82. The van der Waals surface area contributed by atoms with Crippen molar-refractivity contribution in [2.24, 2.45) is 11.7 Å². The molecule has 0 aromatic rings. The summed E-state index contributed by atoms with van der Waals surface area (Å²) in [6, 6.07) is -0.341. The Morgan fingerprint density at radius 2 is 2.20 bits per heavy atom. The minimum Gasteiger partial charge on any atom is -0.368 e. The standard InChI is InChI=1S/C10H17N3O2/c11-10(15)8-2-4-13(8)9(14)5-7-1-3-12-6-7/h7-8,12H,1-6H2,(H2,11,15)/t7-,8?/m1/s1. The fraction of sp³-hybridized carbons (Fsp3) is 0.800. The fourth-order valence-electron chi connectivity index (χ4n) is 2.23. The molecule has 2 aliphatic heterocycles. The van der Waals surface area contributed by atoms with E-state index < -0.39 is 0 Å². The van der Waals surface area contributed by atoms with Gasteiger partial charge in [-0.2, -0.15) is 0 Å². The van der Waals surface area contributed by atoms with Crippen LogP contribution in [0.4, 0.5) is 0 Å². The van der Waals surface area contributed by atoms with E-state index >= 15 is 0 Å². The van der Waals surface area contributed by atoms with Gasteiger partial charge in [0, 0.05) is 13.0 Å². The van der Waals surface area contributed by atoms with Gasteiger partial charge < -0.3 is 16.0 Å². The van der Waals surface area contributed by atoms with Gasteiger partial charge >= 0.3 is 0 Å². The molecule has 0 saturated carbocycles. The molecule has 0 aromatic carbocycles. The van der Waals surface area contributed by atoms with Crippen molar-refractivity contribution in [1.29, 1.82) is 0 Å². The number of nitrogens with one attached hydrogen (secondary N) is 1. The van der Waals surface area contributed by atoms with Crippen LogP contribution in [0.15, 0.2) is 0 Å². The third kappa shape index (κ3) is 2.12. The van der Waals surface area contributed by atoms with Crippen LogP contribution in [0.2, 0.25) is 0 Å². The van der Waals surface area contributed by atoms with Crippen molar-refractivity contribution in [3.05, 3.63) is 0 Å². The molecule has 0 bridgehead atoms. The predicted molar refractivity (Wildman–Crippen MR) is 54.9 cm³/mol. The normalized spacial score (nSPS) is 30.0. The molecule has 2 saturated heterocycles. The molecule has 0 spiro atoms. The van der Waals surface area contributed by atoms with Crippen LogP contribution in [-0.2, 0) is 9.59 Å². The summed E-state index contributed by atoms with van der Waals surface area (Å²) < 4.78 is 0. The topological polar surface area (TPSA) is 75.4 Å². The smallest absolute Gasteiger partial charge is 0.240 e. The van der Waals surface area contributed by atoms with Crippen LogP contribution in [0.1, 0.15) is 19.3 Å². The second-order valence-electron chi connectivity index (χ2n) is 4.36. The summed E-state index contributed by atoms with van der Waals surface area (Å²) in [7, 11) is 0. The van der Waals surface area contributed by atoms with Gasteiger partial charge in [0.1, 0.15) is 6.04 Å². The maximum atomic E-state index is 11.8. The van der Waals surface area contributed by atoms with Gasteiger partial charge in [0.05, 0.1) is 0 Å². The zero-order valence-electron chi connectivity index (χ0n) is 8.74. The van der Waals surface area contributed by atoms with Gasteiger partial charge in [-0.1, -0.05) is 0 Å². The lowest BCUT2D eigenvalue weighted by Gasteiger charge is -2.39. The average molecular weight is 211 g/mol. The molecular formula is C10H17N3O2. The number of primary amides is 1. The van der Waals surface area contributed by atoms with Crippen molar-refractivity contribution in [3.8, 4) is 0 Å². The van der Waals surface area contributed by atoms with E-state index in [1.54, 1.807) is 4.90 Å². The number of hydrogen-bond donors (Lipinski definition) is 2. The van der Waals surface area contributed by atoms with Crippen molar-refractivity contribution < 1.29 is 9.59 Å². The SMILES string of the molecule is NC(=O)C1CCN1C(=O)C[C@H]1CCNC1. The molecule has 1 unspecified atom stereocenters. The first kappa shape index (κ1) is 10.4. The summed E-state index contributed by atoms with van der Waals surface area (Å²) in [4.78, 5) is 24.3. The van der Waals surface area contributed by atoms with Gasteiger partial charge in [-0.15, -0.1) is 0 Å². The molecule has 84 valence electrons. The molecule has 2 atom stereocenters. The highest BCUT2D eigenvalue weighted by molar-refractivity contribution is 5.88. The van der Waals surface area contributed by atoms with E-state index in [2.05, 4.69) is 5.32 Å². The monoisotopic (exact) mass is 211 g/mol. The highest BCUT2D eigenvalue weighted by atomic mass is 16.2. The van der Waals surface area contributed by atoms with Crippen LogP contribution < -0.4 is 11.1 Å². The average Bonchev–Trinajstić information content (AvgIpc) is 2.52. The van der Waals surface area contributed by atoms with Crippen LogP contribution in [0.5, 0.6) is 0 Å². The van der Waals surface area contributed by atoms with Gasteiger partial charge in [-0.05, 0) is 31.8 Å². The summed E-state index contributed by atoms with van der Waals surface area (Å²) in [5.41, 5.74) is 5.19. The summed E-state index contributed by atoms with van der Waals surface area (Å²) in [6.07, 6.45) is 2.33. The Morgan fingerprint density at radius 3 is 2.67 bits per heavy atom. The summed E-state index contributed by atoms with van der Waals surface area (Å²) in [5, 5.41) is 3.22. The maximum absolute atomic E-state index is 11.8. The van der Waals surface area contributed by atoms with Gasteiger partial charge in [-0.3, -0.25) is 9.59 Å². The molecule has 0 aliphatic carbocycles. The molecule has 3 N–H and O–H groups in total. The second-order valence-corrected chi connectivity index (χ2v) is 4.36. The minimum atomic E-state index is -0.376. The van der Waals surface area contributed by atoms with Crippen LogP contribution in [0.3, 0.4) is 0 Å². The maximum Gasteiger partial charge on any atom is 0.240 e. The third-order valence-corrected chi connectivity index (χ3v) is 3.29. The van der Waals surface area contributed by atoms with Crippen molar-refractivity contribution in [3.63, 3.8) is 0 Å². The van der Waals surface area contributed by atoms with Gasteiger partial charge in [0.2, 0.25) is 11.8 Å². The van der Waals surface area contributed by atoms with E-state index in [4.69, 9.17) is 5.73 Å². The molecule has 0 radical (unpaired) electrons. The predicted octanol–water partition coefficient (Wildman–Crippen LogP) is -0.928. The van der Waals surface area contributed by atoms with E-state index in [9.17, 15) is 9.59 Å². The van der Waals surface area contributed by atoms with Crippen LogP contribution >= 0.6 is 0 Å². The molecule has 2 fully saturated rings. The number of rotatable bonds is 3. The van der Waals surface area contributed by atoms with Crippen molar-refractivity contribution in [2.45, 2.75) is 25.3 Å². The third-order valence-electron chi connectivity index (χ3n) is 3.29. The molecule has 0 aromatic heterocycles. The minimum absolute atomic E-state index is 0.0822. The zero-order chi connectivity index (χ0) is 10.8. The van der Waals surface area contributed by atoms with E-state index in [0.717, 1.165) is 25.9 Å². The number of carbonyl (C=O) groups excluding carboxylic acids is 2. The largest absolute Gasteiger partial charge is 0.368 e. The Bertz CT molecular complexity index is 274. The quantitative estimate of drug-likeness (QED) is 0.633. The Hall–Kier alpha value is -1.10. The summed E-state index contributed by atoms with van der Waals surface area (Å²) in [6.45, 7) is 2.60. The van der Waals surface area contributed by atoms with Crippen LogP contribution in [0.25, 0.3) is 0 Å². The molecular weight excluding hydrogens is 194 g/mol. The zero-order valence-corrected chi connectivity index (χ0v) is 8.74. The molecule has 5 nitrogen and oxygen atoms in total.